The molecule has 114 valence electrons. The van der Waals surface area contributed by atoms with E-state index in [0.717, 1.165) is 5.69 Å². The molecule has 0 spiro atoms. The van der Waals surface area contributed by atoms with E-state index in [1.165, 1.54) is 0 Å². The average Bonchev–Trinajstić information content (AvgIpc) is 2.88. The Morgan fingerprint density at radius 1 is 1.33 bits per heavy atom. The third-order valence-electron chi connectivity index (χ3n) is 3.84. The van der Waals surface area contributed by atoms with Gasteiger partial charge < -0.3 is 19.7 Å². The molecule has 0 amide bonds. The van der Waals surface area contributed by atoms with Crippen molar-refractivity contribution in [1.82, 2.24) is 5.32 Å². The highest BCUT2D eigenvalue weighted by Crippen LogP contribution is 2.36. The standard InChI is InChI=1S/C13H16N2O4S2/c1-18-11-4-3-8(5-12(11)19-2)15-10-7-21(16,17)6-9(10)14-13(15)20/h3-5,9-10H,6-7H2,1-2H3,(H-,14,16,17,20)/p+1/t9-,10-/m1/s1. The van der Waals surface area contributed by atoms with Gasteiger partial charge in [0.25, 0.3) is 0 Å². The smallest absolute Gasteiger partial charge is 0.218 e. The van der Waals surface area contributed by atoms with Crippen molar-refractivity contribution in [3.8, 4) is 11.5 Å². The van der Waals surface area contributed by atoms with Crippen LogP contribution < -0.4 is 19.7 Å². The predicted octanol–water partition coefficient (Wildman–Crippen LogP) is 1.12. The van der Waals surface area contributed by atoms with Crippen LogP contribution in [0.2, 0.25) is 0 Å². The number of nitrogens with zero attached hydrogens (tertiary/aromatic N) is 1. The van der Waals surface area contributed by atoms with E-state index in [1.807, 2.05) is 17.0 Å². The lowest BCUT2D eigenvalue weighted by molar-refractivity contribution is 0.355. The molecule has 0 radical (unpaired) electrons. The molecule has 0 aromatic heterocycles. The SMILES string of the molecule is COc1ccc(N2C(=S)N[C@@H]3C[S+](=O)(O)C[C@H]32)cc1OC. The van der Waals surface area contributed by atoms with E-state index in [9.17, 15) is 8.76 Å². The van der Waals surface area contributed by atoms with E-state index in [0.29, 0.717) is 16.6 Å². The predicted molar refractivity (Wildman–Crippen MR) is 85.7 cm³/mol. The number of fused-ring (bicyclic) bond motifs is 1. The third-order valence-corrected chi connectivity index (χ3v) is 5.90. The van der Waals surface area contributed by atoms with E-state index in [1.54, 1.807) is 20.3 Å². The monoisotopic (exact) mass is 329 g/mol. The zero-order chi connectivity index (χ0) is 15.2. The Balaban J connectivity index is 1.96. The lowest BCUT2D eigenvalue weighted by atomic mass is 10.1. The minimum atomic E-state index is -2.77. The number of rotatable bonds is 3. The highest BCUT2D eigenvalue weighted by atomic mass is 32.3. The Bertz CT molecular complexity index is 637. The van der Waals surface area contributed by atoms with Crippen molar-refractivity contribution in [2.45, 2.75) is 12.1 Å². The van der Waals surface area contributed by atoms with Gasteiger partial charge in [-0.3, -0.25) is 0 Å². The van der Waals surface area contributed by atoms with Crippen LogP contribution in [0.3, 0.4) is 0 Å². The molecule has 2 N–H and O–H groups in total. The molecule has 0 aliphatic carbocycles. The summed E-state index contributed by atoms with van der Waals surface area (Å²) in [5, 5.41) is 3.71. The number of ether oxygens (including phenoxy) is 2. The Labute approximate surface area is 129 Å². The van der Waals surface area contributed by atoms with Crippen molar-refractivity contribution in [2.75, 3.05) is 30.6 Å². The Hall–Kier alpha value is -1.38. The lowest BCUT2D eigenvalue weighted by Gasteiger charge is -2.23. The Morgan fingerprint density at radius 3 is 2.71 bits per heavy atom. The molecule has 2 fully saturated rings. The molecule has 1 aromatic rings. The van der Waals surface area contributed by atoms with Crippen molar-refractivity contribution in [3.05, 3.63) is 18.2 Å². The summed E-state index contributed by atoms with van der Waals surface area (Å²) in [6.07, 6.45) is 0. The number of anilines is 1. The first-order valence-electron chi connectivity index (χ1n) is 6.49. The van der Waals surface area contributed by atoms with Crippen LogP contribution >= 0.6 is 12.2 Å². The Morgan fingerprint density at radius 2 is 2.05 bits per heavy atom. The van der Waals surface area contributed by atoms with Gasteiger partial charge >= 0.3 is 0 Å². The lowest BCUT2D eigenvalue weighted by Crippen LogP contribution is -2.37. The minimum Gasteiger partial charge on any atom is -0.493 e. The van der Waals surface area contributed by atoms with E-state index in [-0.39, 0.29) is 23.6 Å². The largest absolute Gasteiger partial charge is 0.493 e. The summed E-state index contributed by atoms with van der Waals surface area (Å²) in [6.45, 7) is 0. The van der Waals surface area contributed by atoms with Crippen molar-refractivity contribution in [1.29, 1.82) is 0 Å². The number of nitrogens with one attached hydrogen (secondary N) is 1. The number of thiocarbonyl (C=S) groups is 1. The van der Waals surface area contributed by atoms with E-state index < -0.39 is 10.2 Å². The fraction of sp³-hybridized carbons (Fsp3) is 0.462. The minimum absolute atomic E-state index is 0.0805. The fourth-order valence-electron chi connectivity index (χ4n) is 2.90. The van der Waals surface area contributed by atoms with Crippen molar-refractivity contribution < 1.29 is 18.2 Å². The molecule has 2 saturated heterocycles. The topological polar surface area (TPSA) is 71.0 Å². The quantitative estimate of drug-likeness (QED) is 0.636. The van der Waals surface area contributed by atoms with E-state index in [4.69, 9.17) is 21.7 Å². The van der Waals surface area contributed by atoms with E-state index >= 15 is 0 Å². The van der Waals surface area contributed by atoms with Gasteiger partial charge in [0, 0.05) is 11.8 Å². The second-order valence-electron chi connectivity index (χ2n) is 5.14. The number of hydrogen-bond acceptors (Lipinski definition) is 4. The van der Waals surface area contributed by atoms with Gasteiger partial charge in [0.2, 0.25) is 10.2 Å². The highest BCUT2D eigenvalue weighted by Gasteiger charge is 2.54. The van der Waals surface area contributed by atoms with Gasteiger partial charge in [0.05, 0.1) is 14.2 Å². The molecule has 6 nitrogen and oxygen atoms in total. The van der Waals surface area contributed by atoms with Gasteiger partial charge in [-0.05, 0) is 24.4 Å². The number of benzene rings is 1. The first-order chi connectivity index (χ1) is 9.95. The first kappa shape index (κ1) is 14.6. The molecular formula is C13H17N2O4S2+. The van der Waals surface area contributed by atoms with Crippen molar-refractivity contribution >= 4 is 33.2 Å². The van der Waals surface area contributed by atoms with Crippen LogP contribution in [-0.4, -0.2) is 47.5 Å². The van der Waals surface area contributed by atoms with E-state index in [2.05, 4.69) is 5.32 Å². The summed E-state index contributed by atoms with van der Waals surface area (Å²) in [6, 6.07) is 5.31. The molecule has 1 aromatic carbocycles. The molecule has 21 heavy (non-hydrogen) atoms. The van der Waals surface area contributed by atoms with Crippen LogP contribution in [0.25, 0.3) is 0 Å². The van der Waals surface area contributed by atoms with Crippen LogP contribution in [0, 0.1) is 0 Å². The van der Waals surface area contributed by atoms with Gasteiger partial charge in [0.1, 0.15) is 12.1 Å². The number of methoxy groups -OCH3 is 2. The van der Waals surface area contributed by atoms with Crippen LogP contribution in [0.15, 0.2) is 18.2 Å². The maximum Gasteiger partial charge on any atom is 0.218 e. The molecule has 1 unspecified atom stereocenters. The molecule has 0 saturated carbocycles. The van der Waals surface area contributed by atoms with Crippen LogP contribution in [0.5, 0.6) is 11.5 Å². The molecule has 2 aliphatic heterocycles. The summed E-state index contributed by atoms with van der Waals surface area (Å²) >= 11 is 5.36. The Kier molecular flexibility index (Phi) is 3.54. The number of hydrogen-bond donors (Lipinski definition) is 2. The third kappa shape index (κ3) is 2.47. The molecule has 3 rings (SSSR count). The van der Waals surface area contributed by atoms with Gasteiger partial charge in [-0.2, -0.15) is 4.55 Å². The van der Waals surface area contributed by atoms with Gasteiger partial charge in [-0.15, -0.1) is 0 Å². The van der Waals surface area contributed by atoms with Gasteiger partial charge in [-0.1, -0.05) is 4.21 Å². The maximum atomic E-state index is 11.9. The molecule has 3 atom stereocenters. The fourth-order valence-corrected chi connectivity index (χ4v) is 5.21. The summed E-state index contributed by atoms with van der Waals surface area (Å²) in [7, 11) is 0.379. The zero-order valence-corrected chi connectivity index (χ0v) is 13.4. The van der Waals surface area contributed by atoms with Crippen LogP contribution in [0.4, 0.5) is 5.69 Å². The molecule has 2 heterocycles. The van der Waals surface area contributed by atoms with Crippen LogP contribution in [-0.2, 0) is 14.4 Å². The maximum absolute atomic E-state index is 11.9. The van der Waals surface area contributed by atoms with Gasteiger partial charge in [-0.25, -0.2) is 0 Å². The average molecular weight is 329 g/mol. The second-order valence-corrected chi connectivity index (χ2v) is 7.74. The highest BCUT2D eigenvalue weighted by molar-refractivity contribution is 7.98. The summed E-state index contributed by atoms with van der Waals surface area (Å²) in [5.74, 6) is 1.69. The van der Waals surface area contributed by atoms with Crippen molar-refractivity contribution in [2.24, 2.45) is 0 Å². The molecule has 8 heteroatoms. The second kappa shape index (κ2) is 5.11. The normalized spacial score (nSPS) is 31.0. The first-order valence-corrected chi connectivity index (χ1v) is 8.75. The van der Waals surface area contributed by atoms with Crippen molar-refractivity contribution in [3.63, 3.8) is 0 Å². The van der Waals surface area contributed by atoms with Crippen LogP contribution in [0.1, 0.15) is 0 Å². The molecule has 2 aliphatic rings. The summed E-state index contributed by atoms with van der Waals surface area (Å²) < 4.78 is 32.2. The molecule has 0 bridgehead atoms. The van der Waals surface area contributed by atoms with Gasteiger partial charge in [0.15, 0.2) is 28.1 Å². The zero-order valence-electron chi connectivity index (χ0n) is 11.7. The summed E-state index contributed by atoms with van der Waals surface area (Å²) in [4.78, 5) is 1.89. The molecular weight excluding hydrogens is 312 g/mol. The summed E-state index contributed by atoms with van der Waals surface area (Å²) in [5.41, 5.74) is 0.828.